The van der Waals surface area contributed by atoms with Gasteiger partial charge < -0.3 is 4.57 Å². The molecule has 11 rings (SSSR count). The maximum Gasteiger partial charge on any atom is 0.0780 e. The molecule has 3 heteroatoms. The number of fused-ring (bicyclic) bond motifs is 5. The lowest BCUT2D eigenvalue weighted by Crippen LogP contribution is -1.94. The molecule has 0 radical (unpaired) electrons. The van der Waals surface area contributed by atoms with E-state index in [0.29, 0.717) is 0 Å². The van der Waals surface area contributed by atoms with E-state index in [1.165, 1.54) is 49.6 Å². The average Bonchev–Trinajstić information content (AvgIpc) is 3.63. The van der Waals surface area contributed by atoms with Crippen LogP contribution in [0.4, 0.5) is 0 Å². The van der Waals surface area contributed by atoms with Gasteiger partial charge in [-0.3, -0.25) is 4.98 Å². The highest BCUT2D eigenvalue weighted by molar-refractivity contribution is 6.11. The first-order chi connectivity index (χ1) is 29.1. The summed E-state index contributed by atoms with van der Waals surface area (Å²) in [6.45, 7) is 4.37. The number of hydrogen-bond donors (Lipinski definition) is 0. The molecule has 0 amide bonds. The zero-order valence-electron chi connectivity index (χ0n) is 32.9. The average molecular weight is 754 g/mol. The molecule has 0 saturated carbocycles. The number of hydrogen-bond acceptors (Lipinski definition) is 2. The maximum atomic E-state index is 5.39. The van der Waals surface area contributed by atoms with Crippen molar-refractivity contribution in [1.82, 2.24) is 14.5 Å². The second kappa shape index (κ2) is 14.1. The van der Waals surface area contributed by atoms with Crippen molar-refractivity contribution in [3.05, 3.63) is 211 Å². The third-order valence-corrected chi connectivity index (χ3v) is 11.9. The minimum atomic E-state index is 0.947. The fourth-order valence-corrected chi connectivity index (χ4v) is 8.94. The van der Waals surface area contributed by atoms with E-state index < -0.39 is 0 Å². The van der Waals surface area contributed by atoms with Crippen LogP contribution in [0.2, 0.25) is 0 Å². The summed E-state index contributed by atoms with van der Waals surface area (Å²) in [4.78, 5) is 10.2. The number of pyridine rings is 2. The minimum Gasteiger partial charge on any atom is -0.309 e. The smallest absolute Gasteiger partial charge is 0.0780 e. The molecule has 0 fully saturated rings. The van der Waals surface area contributed by atoms with Gasteiger partial charge in [-0.05, 0) is 131 Å². The Balaban J connectivity index is 1.11. The van der Waals surface area contributed by atoms with Gasteiger partial charge in [0.05, 0.1) is 27.8 Å². The van der Waals surface area contributed by atoms with Gasteiger partial charge in [0.1, 0.15) is 0 Å². The number of rotatable bonds is 6. The van der Waals surface area contributed by atoms with Crippen LogP contribution in [0.1, 0.15) is 11.1 Å². The first-order valence-corrected chi connectivity index (χ1v) is 20.2. The van der Waals surface area contributed by atoms with Crippen LogP contribution in [0.3, 0.4) is 0 Å². The van der Waals surface area contributed by atoms with E-state index in [1.54, 1.807) is 0 Å². The highest BCUT2D eigenvalue weighted by atomic mass is 15.0. The largest absolute Gasteiger partial charge is 0.309 e. The van der Waals surface area contributed by atoms with Gasteiger partial charge in [0.25, 0.3) is 0 Å². The Hall–Kier alpha value is -7.62. The van der Waals surface area contributed by atoms with Gasteiger partial charge in [-0.15, -0.1) is 0 Å². The van der Waals surface area contributed by atoms with Crippen LogP contribution >= 0.6 is 0 Å². The predicted octanol–water partition coefficient (Wildman–Crippen LogP) is 14.8. The van der Waals surface area contributed by atoms with Crippen molar-refractivity contribution < 1.29 is 0 Å². The van der Waals surface area contributed by atoms with Gasteiger partial charge in [-0.2, -0.15) is 0 Å². The van der Waals surface area contributed by atoms with E-state index >= 15 is 0 Å². The van der Waals surface area contributed by atoms with Crippen molar-refractivity contribution >= 4 is 43.6 Å². The normalized spacial score (nSPS) is 11.6. The van der Waals surface area contributed by atoms with Crippen molar-refractivity contribution in [2.24, 2.45) is 0 Å². The zero-order valence-corrected chi connectivity index (χ0v) is 32.9. The summed E-state index contributed by atoms with van der Waals surface area (Å²) in [6, 6.07) is 70.1. The topological polar surface area (TPSA) is 30.7 Å². The molecule has 3 nitrogen and oxygen atoms in total. The molecular formula is C56H39N3. The third kappa shape index (κ3) is 5.98. The number of nitrogens with zero attached hydrogens (tertiary/aromatic N) is 3. The summed E-state index contributed by atoms with van der Waals surface area (Å²) < 4.78 is 2.37. The van der Waals surface area contributed by atoms with E-state index in [0.717, 1.165) is 66.6 Å². The molecular weight excluding hydrogens is 715 g/mol. The molecule has 59 heavy (non-hydrogen) atoms. The molecule has 8 aromatic carbocycles. The maximum absolute atomic E-state index is 5.39. The van der Waals surface area contributed by atoms with Crippen molar-refractivity contribution in [2.75, 3.05) is 0 Å². The van der Waals surface area contributed by atoms with E-state index in [-0.39, 0.29) is 0 Å². The number of aromatic nitrogens is 3. The first kappa shape index (κ1) is 34.6. The van der Waals surface area contributed by atoms with Gasteiger partial charge in [0.2, 0.25) is 0 Å². The standard InChI is InChI=1S/C56H39N3/c1-36-13-6-7-20-45(36)48-34-43(25-24-37(48)2)53-35-49(42-16-10-15-41(31-42)46-22-11-14-38-17-12-30-57-56(38)46)50-32-39(26-28-52(50)58-53)40-27-29-55-51(33-40)47-21-8-9-23-54(47)59(55)44-18-4-3-5-19-44/h3-35H,1-2H3. The number of benzene rings is 8. The number of aryl methyl sites for hydroxylation is 2. The Bertz CT molecular complexity index is 3410. The second-order valence-corrected chi connectivity index (χ2v) is 15.5. The van der Waals surface area contributed by atoms with Gasteiger partial charge in [-0.25, -0.2) is 4.98 Å². The van der Waals surface area contributed by atoms with Crippen LogP contribution in [-0.4, -0.2) is 14.5 Å². The summed E-state index contributed by atoms with van der Waals surface area (Å²) in [6.07, 6.45) is 1.88. The Kier molecular flexibility index (Phi) is 8.27. The molecule has 0 saturated heterocycles. The highest BCUT2D eigenvalue weighted by Gasteiger charge is 2.17. The Labute approximate surface area is 343 Å². The SMILES string of the molecule is Cc1ccccc1-c1cc(-c2cc(-c3cccc(-c4cccc5cccnc45)c3)c3cc(-c4ccc5c(c4)c4ccccc4n5-c4ccccc4)ccc3n2)ccc1C. The van der Waals surface area contributed by atoms with Crippen molar-refractivity contribution in [3.63, 3.8) is 0 Å². The molecule has 0 aliphatic rings. The first-order valence-electron chi connectivity index (χ1n) is 20.2. The second-order valence-electron chi connectivity index (χ2n) is 15.5. The van der Waals surface area contributed by atoms with Gasteiger partial charge in [0, 0.05) is 44.6 Å². The summed E-state index contributed by atoms with van der Waals surface area (Å²) >= 11 is 0. The van der Waals surface area contributed by atoms with E-state index in [9.17, 15) is 0 Å². The lowest BCUT2D eigenvalue weighted by molar-refractivity contribution is 1.18. The van der Waals surface area contributed by atoms with E-state index in [4.69, 9.17) is 9.97 Å². The highest BCUT2D eigenvalue weighted by Crippen LogP contribution is 2.40. The Morgan fingerprint density at radius 2 is 1.07 bits per heavy atom. The summed E-state index contributed by atoms with van der Waals surface area (Å²) in [5.74, 6) is 0. The quantitative estimate of drug-likeness (QED) is 0.169. The van der Waals surface area contributed by atoms with Crippen molar-refractivity contribution in [1.29, 1.82) is 0 Å². The van der Waals surface area contributed by atoms with Gasteiger partial charge >= 0.3 is 0 Å². The molecule has 0 spiro atoms. The molecule has 0 N–H and O–H groups in total. The summed E-state index contributed by atoms with van der Waals surface area (Å²) in [5, 5.41) is 4.71. The Morgan fingerprint density at radius 3 is 1.95 bits per heavy atom. The van der Waals surface area contributed by atoms with Crippen LogP contribution in [0.15, 0.2) is 200 Å². The van der Waals surface area contributed by atoms with Crippen molar-refractivity contribution in [2.45, 2.75) is 13.8 Å². The molecule has 0 aliphatic heterocycles. The lowest BCUT2D eigenvalue weighted by atomic mass is 9.91. The molecule has 0 aliphatic carbocycles. The van der Waals surface area contributed by atoms with E-state index in [2.05, 4.69) is 206 Å². The molecule has 0 atom stereocenters. The van der Waals surface area contributed by atoms with Gasteiger partial charge in [0.15, 0.2) is 0 Å². The van der Waals surface area contributed by atoms with Crippen molar-refractivity contribution in [3.8, 4) is 61.5 Å². The summed E-state index contributed by atoms with van der Waals surface area (Å²) in [5.41, 5.74) is 19.4. The van der Waals surface area contributed by atoms with Crippen LogP contribution in [0.25, 0.3) is 105 Å². The predicted molar refractivity (Wildman–Crippen MR) is 248 cm³/mol. The summed E-state index contributed by atoms with van der Waals surface area (Å²) in [7, 11) is 0. The van der Waals surface area contributed by atoms with Crippen LogP contribution in [-0.2, 0) is 0 Å². The zero-order chi connectivity index (χ0) is 39.5. The van der Waals surface area contributed by atoms with Gasteiger partial charge in [-0.1, -0.05) is 127 Å². The van der Waals surface area contributed by atoms with Crippen LogP contribution < -0.4 is 0 Å². The number of para-hydroxylation sites is 3. The lowest BCUT2D eigenvalue weighted by Gasteiger charge is -2.15. The van der Waals surface area contributed by atoms with Crippen LogP contribution in [0.5, 0.6) is 0 Å². The Morgan fingerprint density at radius 1 is 0.390 bits per heavy atom. The molecule has 11 aromatic rings. The third-order valence-electron chi connectivity index (χ3n) is 11.9. The molecule has 278 valence electrons. The molecule has 3 heterocycles. The minimum absolute atomic E-state index is 0.947. The van der Waals surface area contributed by atoms with E-state index in [1.807, 2.05) is 12.3 Å². The monoisotopic (exact) mass is 753 g/mol. The molecule has 0 unspecified atom stereocenters. The van der Waals surface area contributed by atoms with Crippen LogP contribution in [0, 0.1) is 13.8 Å². The fraction of sp³-hybridized carbons (Fsp3) is 0.0357. The molecule has 0 bridgehead atoms. The fourth-order valence-electron chi connectivity index (χ4n) is 8.94. The molecule has 3 aromatic heterocycles.